The van der Waals surface area contributed by atoms with E-state index >= 15 is 0 Å². The summed E-state index contributed by atoms with van der Waals surface area (Å²) in [5.41, 5.74) is -0.188. The number of hydrogen-bond donors (Lipinski definition) is 1. The summed E-state index contributed by atoms with van der Waals surface area (Å²) in [6, 6.07) is 6.57. The molecule has 1 fully saturated rings. The molecule has 0 bridgehead atoms. The fraction of sp³-hybridized carbons (Fsp3) is 0.400. The largest absolute Gasteiger partial charge is 0.318 e. The van der Waals surface area contributed by atoms with E-state index in [4.69, 9.17) is 0 Å². The van der Waals surface area contributed by atoms with Gasteiger partial charge in [-0.15, -0.1) is 0 Å². The van der Waals surface area contributed by atoms with E-state index in [0.717, 1.165) is 13.0 Å². The highest BCUT2D eigenvalue weighted by Gasteiger charge is 2.27. The zero-order valence-corrected chi connectivity index (χ0v) is 13.3. The fourth-order valence-corrected chi connectivity index (χ4v) is 4.46. The highest BCUT2D eigenvalue weighted by atomic mass is 32.2. The summed E-state index contributed by atoms with van der Waals surface area (Å²) >= 11 is 0. The topological polar surface area (TPSA) is 71.4 Å². The first kappa shape index (κ1) is 15.2. The lowest BCUT2D eigenvalue weighted by Gasteiger charge is -2.20. The van der Waals surface area contributed by atoms with Crippen LogP contribution in [-0.4, -0.2) is 43.5 Å². The van der Waals surface area contributed by atoms with Crippen molar-refractivity contribution in [2.24, 2.45) is 7.05 Å². The van der Waals surface area contributed by atoms with Gasteiger partial charge in [-0.1, -0.05) is 6.07 Å². The Kier molecular flexibility index (Phi) is 4.03. The highest BCUT2D eigenvalue weighted by Crippen LogP contribution is 2.24. The van der Waals surface area contributed by atoms with Crippen molar-refractivity contribution in [2.75, 3.05) is 26.2 Å². The first-order chi connectivity index (χ1) is 10.5. The normalized spacial score (nSPS) is 17.5. The SMILES string of the molecule is Cn1ccc2c(S(=O)(=O)N3CCCNCC3)cccc2c1=O. The Balaban J connectivity index is 2.17. The highest BCUT2D eigenvalue weighted by molar-refractivity contribution is 7.89. The van der Waals surface area contributed by atoms with Crippen molar-refractivity contribution in [3.63, 3.8) is 0 Å². The molecule has 1 aromatic carbocycles. The van der Waals surface area contributed by atoms with Crippen LogP contribution in [0.2, 0.25) is 0 Å². The quantitative estimate of drug-likeness (QED) is 0.875. The predicted octanol–water partition coefficient (Wildman–Crippen LogP) is 0.522. The van der Waals surface area contributed by atoms with Gasteiger partial charge < -0.3 is 9.88 Å². The molecular formula is C15H19N3O3S. The van der Waals surface area contributed by atoms with E-state index in [1.807, 2.05) is 0 Å². The predicted molar refractivity (Wildman–Crippen MR) is 85.4 cm³/mol. The average molecular weight is 321 g/mol. The van der Waals surface area contributed by atoms with Gasteiger partial charge in [-0.3, -0.25) is 4.79 Å². The van der Waals surface area contributed by atoms with E-state index in [1.54, 1.807) is 37.5 Å². The maximum absolute atomic E-state index is 12.9. The van der Waals surface area contributed by atoms with Gasteiger partial charge in [0.15, 0.2) is 0 Å². The number of fused-ring (bicyclic) bond motifs is 1. The summed E-state index contributed by atoms with van der Waals surface area (Å²) in [4.78, 5) is 12.4. The molecule has 0 spiro atoms. The third-order valence-corrected chi connectivity index (χ3v) is 5.96. The lowest BCUT2D eigenvalue weighted by atomic mass is 10.2. The lowest BCUT2D eigenvalue weighted by Crippen LogP contribution is -2.34. The maximum Gasteiger partial charge on any atom is 0.258 e. The number of nitrogens with one attached hydrogen (secondary N) is 1. The average Bonchev–Trinajstić information content (AvgIpc) is 2.80. The Morgan fingerprint density at radius 2 is 1.91 bits per heavy atom. The molecule has 0 unspecified atom stereocenters. The number of rotatable bonds is 2. The van der Waals surface area contributed by atoms with Crippen LogP contribution < -0.4 is 10.9 Å². The molecule has 7 heteroatoms. The van der Waals surface area contributed by atoms with Crippen molar-refractivity contribution in [2.45, 2.75) is 11.3 Å². The van der Waals surface area contributed by atoms with E-state index < -0.39 is 10.0 Å². The van der Waals surface area contributed by atoms with Gasteiger partial charge in [-0.2, -0.15) is 4.31 Å². The van der Waals surface area contributed by atoms with Crippen LogP contribution in [0, 0.1) is 0 Å². The Bertz CT molecular complexity index is 850. The molecule has 22 heavy (non-hydrogen) atoms. The van der Waals surface area contributed by atoms with Gasteiger partial charge in [-0.25, -0.2) is 8.42 Å². The molecule has 1 aliphatic rings. The molecule has 0 atom stereocenters. The van der Waals surface area contributed by atoms with E-state index in [-0.39, 0.29) is 10.5 Å². The molecule has 0 amide bonds. The first-order valence-electron chi connectivity index (χ1n) is 7.31. The number of benzene rings is 1. The van der Waals surface area contributed by atoms with Crippen LogP contribution >= 0.6 is 0 Å². The minimum Gasteiger partial charge on any atom is -0.318 e. The standard InChI is InChI=1S/C15H19N3O3S/c1-17-10-6-12-13(15(17)19)4-2-5-14(12)22(20,21)18-9-3-7-16-8-11-18/h2,4-6,10,16H,3,7-9,11H2,1H3. The summed E-state index contributed by atoms with van der Waals surface area (Å²) in [6.07, 6.45) is 2.39. The molecule has 1 aliphatic heterocycles. The van der Waals surface area contributed by atoms with Gasteiger partial charge in [0.2, 0.25) is 10.0 Å². The number of sulfonamides is 1. The van der Waals surface area contributed by atoms with Crippen LogP contribution in [-0.2, 0) is 17.1 Å². The van der Waals surface area contributed by atoms with Gasteiger partial charge in [-0.05, 0) is 31.2 Å². The van der Waals surface area contributed by atoms with Crippen molar-refractivity contribution in [3.05, 3.63) is 40.8 Å². The Hall–Kier alpha value is -1.70. The van der Waals surface area contributed by atoms with Crippen LogP contribution in [0.25, 0.3) is 10.8 Å². The molecule has 3 rings (SSSR count). The van der Waals surface area contributed by atoms with Crippen LogP contribution in [0.4, 0.5) is 0 Å². The van der Waals surface area contributed by atoms with Crippen LogP contribution in [0.3, 0.4) is 0 Å². The van der Waals surface area contributed by atoms with Crippen molar-refractivity contribution in [3.8, 4) is 0 Å². The zero-order valence-electron chi connectivity index (χ0n) is 12.4. The number of pyridine rings is 1. The Morgan fingerprint density at radius 3 is 2.73 bits per heavy atom. The molecule has 0 aliphatic carbocycles. The van der Waals surface area contributed by atoms with E-state index in [9.17, 15) is 13.2 Å². The first-order valence-corrected chi connectivity index (χ1v) is 8.75. The second-order valence-electron chi connectivity index (χ2n) is 5.46. The van der Waals surface area contributed by atoms with Crippen molar-refractivity contribution >= 4 is 20.8 Å². The van der Waals surface area contributed by atoms with Crippen LogP contribution in [0.1, 0.15) is 6.42 Å². The van der Waals surface area contributed by atoms with E-state index in [2.05, 4.69) is 5.32 Å². The van der Waals surface area contributed by atoms with Crippen molar-refractivity contribution < 1.29 is 8.42 Å². The third kappa shape index (κ3) is 2.55. The third-order valence-electron chi connectivity index (χ3n) is 4.00. The van der Waals surface area contributed by atoms with Crippen LogP contribution in [0.15, 0.2) is 40.2 Å². The van der Waals surface area contributed by atoms with E-state index in [0.29, 0.717) is 30.4 Å². The number of aromatic nitrogens is 1. The van der Waals surface area contributed by atoms with Crippen LogP contribution in [0.5, 0.6) is 0 Å². The minimum atomic E-state index is -3.60. The fourth-order valence-electron chi connectivity index (χ4n) is 2.77. The maximum atomic E-state index is 12.9. The van der Waals surface area contributed by atoms with E-state index in [1.165, 1.54) is 8.87 Å². The molecule has 0 saturated carbocycles. The number of nitrogens with zero attached hydrogens (tertiary/aromatic N) is 2. The summed E-state index contributed by atoms with van der Waals surface area (Å²) in [5, 5.41) is 4.11. The summed E-state index contributed by atoms with van der Waals surface area (Å²) < 4.78 is 28.8. The van der Waals surface area contributed by atoms with Crippen molar-refractivity contribution in [1.82, 2.24) is 14.2 Å². The summed E-state index contributed by atoms with van der Waals surface area (Å²) in [7, 11) is -1.94. The van der Waals surface area contributed by atoms with Gasteiger partial charge >= 0.3 is 0 Å². The Labute approximate surface area is 129 Å². The van der Waals surface area contributed by atoms with Gasteiger partial charge in [0.05, 0.1) is 4.90 Å². The molecule has 0 radical (unpaired) electrons. The smallest absolute Gasteiger partial charge is 0.258 e. The molecule has 2 heterocycles. The molecular weight excluding hydrogens is 302 g/mol. The minimum absolute atomic E-state index is 0.188. The summed E-state index contributed by atoms with van der Waals surface area (Å²) in [6.45, 7) is 2.41. The van der Waals surface area contributed by atoms with Crippen molar-refractivity contribution in [1.29, 1.82) is 0 Å². The second kappa shape index (κ2) is 5.83. The monoisotopic (exact) mass is 321 g/mol. The molecule has 118 valence electrons. The number of aryl methyl sites for hydroxylation is 1. The molecule has 1 N–H and O–H groups in total. The van der Waals surface area contributed by atoms with Gasteiger partial charge in [0, 0.05) is 43.7 Å². The van der Waals surface area contributed by atoms with Gasteiger partial charge in [0.25, 0.3) is 5.56 Å². The summed E-state index contributed by atoms with van der Waals surface area (Å²) in [5.74, 6) is 0. The van der Waals surface area contributed by atoms with Gasteiger partial charge in [0.1, 0.15) is 0 Å². The molecule has 1 saturated heterocycles. The molecule has 2 aromatic rings. The Morgan fingerprint density at radius 1 is 1.09 bits per heavy atom. The lowest BCUT2D eigenvalue weighted by molar-refractivity contribution is 0.432. The molecule has 1 aromatic heterocycles. The number of hydrogen-bond acceptors (Lipinski definition) is 4. The second-order valence-corrected chi connectivity index (χ2v) is 7.36. The zero-order chi connectivity index (χ0) is 15.7. The molecule has 6 nitrogen and oxygen atoms in total.